The van der Waals surface area contributed by atoms with Gasteiger partial charge >= 0.3 is 49.4 Å². The second-order valence-electron chi connectivity index (χ2n) is 17.3. The van der Waals surface area contributed by atoms with Gasteiger partial charge in [-0.3, -0.25) is 9.59 Å². The number of halogens is 24. The highest BCUT2D eigenvalue weighted by molar-refractivity contribution is 7.20. The molecule has 1 aromatic heterocycles. The molecular formula is C49H30BF24NO2. The fraction of sp³-hybridized carbons (Fsp3) is 0.245. The highest BCUT2D eigenvalue weighted by Crippen LogP contribution is 2.41. The normalized spacial score (nSPS) is 13.3. The van der Waals surface area contributed by atoms with E-state index in [4.69, 9.17) is 0 Å². The summed E-state index contributed by atoms with van der Waals surface area (Å²) in [5.74, 6) is 0.155. The molecule has 0 atom stereocenters. The molecule has 28 heteroatoms. The number of carbonyl (C=O) groups is 2. The third-order valence-corrected chi connectivity index (χ3v) is 11.6. The summed E-state index contributed by atoms with van der Waals surface area (Å²) in [6.07, 6.45) is -51.3. The molecule has 414 valence electrons. The van der Waals surface area contributed by atoms with Gasteiger partial charge in [0.2, 0.25) is 12.3 Å². The van der Waals surface area contributed by atoms with Crippen LogP contribution in [0.1, 0.15) is 79.1 Å². The van der Waals surface area contributed by atoms with Crippen molar-refractivity contribution in [1.82, 2.24) is 0 Å². The van der Waals surface area contributed by atoms with Gasteiger partial charge in [0, 0.05) is 29.2 Å². The number of hydrogen-bond donors (Lipinski definition) is 0. The van der Waals surface area contributed by atoms with Gasteiger partial charge in [-0.05, 0) is 24.3 Å². The maximum absolute atomic E-state index is 14.2. The van der Waals surface area contributed by atoms with Crippen LogP contribution in [0.4, 0.5) is 105 Å². The predicted octanol–water partition coefficient (Wildman–Crippen LogP) is 13.9. The fourth-order valence-electron chi connectivity index (χ4n) is 8.01. The van der Waals surface area contributed by atoms with E-state index in [9.17, 15) is 115 Å². The summed E-state index contributed by atoms with van der Waals surface area (Å²) in [6, 6.07) is 3.91. The maximum atomic E-state index is 14.2. The molecule has 0 aliphatic heterocycles. The van der Waals surface area contributed by atoms with Gasteiger partial charge in [-0.15, -0.1) is 0 Å². The van der Waals surface area contributed by atoms with Crippen LogP contribution < -0.4 is 26.4 Å². The van der Waals surface area contributed by atoms with Crippen LogP contribution in [0, 0.1) is 5.92 Å². The Kier molecular flexibility index (Phi) is 16.7. The van der Waals surface area contributed by atoms with Crippen molar-refractivity contribution in [2.75, 3.05) is 0 Å². The zero-order valence-electron chi connectivity index (χ0n) is 38.3. The number of pyridine rings is 1. The average Bonchev–Trinajstić information content (AvgIpc) is 3.29. The lowest BCUT2D eigenvalue weighted by molar-refractivity contribution is -0.683. The van der Waals surface area contributed by atoms with E-state index in [1.54, 1.807) is 41.2 Å². The summed E-state index contributed by atoms with van der Waals surface area (Å²) < 4.78 is 343. The van der Waals surface area contributed by atoms with Crippen molar-refractivity contribution in [3.8, 4) is 0 Å². The molecule has 0 saturated carbocycles. The minimum Gasteiger partial charge on any atom is -0.294 e. The summed E-state index contributed by atoms with van der Waals surface area (Å²) in [5, 5.41) is 0. The lowest BCUT2D eigenvalue weighted by atomic mass is 9.12. The highest BCUT2D eigenvalue weighted by Gasteiger charge is 2.47. The number of ketones is 2. The van der Waals surface area contributed by atoms with E-state index in [0.29, 0.717) is 11.1 Å². The van der Waals surface area contributed by atoms with E-state index in [2.05, 4.69) is 0 Å². The topological polar surface area (TPSA) is 38.0 Å². The molecule has 77 heavy (non-hydrogen) atoms. The third kappa shape index (κ3) is 14.3. The number of rotatable bonds is 9. The number of aromatic nitrogens is 1. The molecule has 0 aliphatic rings. The van der Waals surface area contributed by atoms with Crippen LogP contribution >= 0.6 is 0 Å². The molecule has 0 radical (unpaired) electrons. The molecule has 3 nitrogen and oxygen atoms in total. The van der Waals surface area contributed by atoms with Gasteiger partial charge in [0.05, 0.1) is 44.5 Å². The van der Waals surface area contributed by atoms with E-state index < -0.39 is 195 Å². The Balaban J connectivity index is 0.000000455. The maximum Gasteiger partial charge on any atom is 0.416 e. The smallest absolute Gasteiger partial charge is 0.294 e. The van der Waals surface area contributed by atoms with Crippen LogP contribution in [0.15, 0.2) is 128 Å². The van der Waals surface area contributed by atoms with Crippen molar-refractivity contribution < 1.29 is 120 Å². The van der Waals surface area contributed by atoms with Crippen LogP contribution in [-0.4, -0.2) is 17.7 Å². The number of alkyl halides is 24. The molecule has 0 bridgehead atoms. The van der Waals surface area contributed by atoms with Crippen LogP contribution in [0.5, 0.6) is 0 Å². The first-order valence-corrected chi connectivity index (χ1v) is 21.3. The molecular weight excluding hydrogens is 1100 g/mol. The SMILES string of the molecule is CC(C)C(=O)c1cc[n+](CC(=O)c2ccccc2)cc1.FC(F)(F)c1cc([B-](c2cc(C(F)(F)F)cc(C(F)(F)F)c2)(c2cc(C(F)(F)F)cc(C(F)(F)F)c2)c2cc(C(F)(F)F)cc(C(F)(F)F)c2)cc(C(F)(F)F)c1. The van der Waals surface area contributed by atoms with E-state index in [-0.39, 0.29) is 24.0 Å². The first-order valence-electron chi connectivity index (χ1n) is 21.3. The van der Waals surface area contributed by atoms with Crippen molar-refractivity contribution in [3.63, 3.8) is 0 Å². The largest absolute Gasteiger partial charge is 0.416 e. The van der Waals surface area contributed by atoms with Crippen LogP contribution in [0.2, 0.25) is 0 Å². The Morgan fingerprint density at radius 3 is 0.805 bits per heavy atom. The monoisotopic (exact) mass is 1130 g/mol. The molecule has 0 aliphatic carbocycles. The van der Waals surface area contributed by atoms with Crippen LogP contribution in [0.25, 0.3) is 0 Å². The van der Waals surface area contributed by atoms with E-state index >= 15 is 0 Å². The Morgan fingerprint density at radius 1 is 0.364 bits per heavy atom. The van der Waals surface area contributed by atoms with Gasteiger partial charge < -0.3 is 0 Å². The van der Waals surface area contributed by atoms with Crippen molar-refractivity contribution in [1.29, 1.82) is 0 Å². The summed E-state index contributed by atoms with van der Waals surface area (Å²) >= 11 is 0. The zero-order valence-corrected chi connectivity index (χ0v) is 38.3. The molecule has 0 unspecified atom stereocenters. The Labute approximate surface area is 417 Å². The molecule has 0 N–H and O–H groups in total. The van der Waals surface area contributed by atoms with Crippen LogP contribution in [0.3, 0.4) is 0 Å². The fourth-order valence-corrected chi connectivity index (χ4v) is 8.01. The first kappa shape index (κ1) is 60.8. The minimum absolute atomic E-state index is 0.0169. The predicted molar refractivity (Wildman–Crippen MR) is 227 cm³/mol. The van der Waals surface area contributed by atoms with Crippen molar-refractivity contribution in [3.05, 3.63) is 183 Å². The summed E-state index contributed by atoms with van der Waals surface area (Å²) in [5.41, 5.74) is -28.8. The van der Waals surface area contributed by atoms with Gasteiger partial charge in [0.1, 0.15) is 6.15 Å². The lowest BCUT2D eigenvalue weighted by Gasteiger charge is -2.46. The molecule has 0 fully saturated rings. The molecule has 0 saturated heterocycles. The highest BCUT2D eigenvalue weighted by atomic mass is 19.4. The number of nitrogens with zero attached hydrogens (tertiary/aromatic N) is 1. The first-order chi connectivity index (χ1) is 34.8. The number of hydrogen-bond acceptors (Lipinski definition) is 2. The molecule has 0 spiro atoms. The quantitative estimate of drug-likeness (QED) is 0.0626. The van der Waals surface area contributed by atoms with Gasteiger partial charge in [0.15, 0.2) is 18.2 Å². The Hall–Kier alpha value is -7.03. The Morgan fingerprint density at radius 2 is 0.597 bits per heavy atom. The van der Waals surface area contributed by atoms with E-state index in [1.807, 2.05) is 32.0 Å². The number of carbonyl (C=O) groups excluding carboxylic acids is 2. The molecule has 1 heterocycles. The third-order valence-electron chi connectivity index (χ3n) is 11.6. The summed E-state index contributed by atoms with van der Waals surface area (Å²) in [6.45, 7) is 4.03. The average molecular weight is 1130 g/mol. The van der Waals surface area contributed by atoms with Crippen molar-refractivity contribution in [2.45, 2.75) is 69.8 Å². The van der Waals surface area contributed by atoms with Gasteiger partial charge in [-0.1, -0.05) is 92.7 Å². The van der Waals surface area contributed by atoms with E-state index in [1.165, 1.54) is 0 Å². The summed E-state index contributed by atoms with van der Waals surface area (Å²) in [4.78, 5) is 23.9. The standard InChI is InChI=1S/C32H12BF24.C17H18NO2/c34-25(35,36)13-1-14(26(37,38)39)6-21(5-13)33(22-7-15(27(40,41)42)2-16(8-22)28(43,44)45,23-9-17(29(46,47)48)3-18(10-23)30(49,50)51)24-11-19(31(52,53)54)4-20(12-24)32(55,56)57;1-13(2)17(20)15-8-10-18(11-9-15)12-16(19)14-6-4-3-5-7-14/h1-12H;3-11,13H,12H2,1-2H3/q-1;+1. The van der Waals surface area contributed by atoms with Crippen LogP contribution in [-0.2, 0) is 56.0 Å². The second-order valence-corrected chi connectivity index (χ2v) is 17.3. The minimum atomic E-state index is -6.13. The molecule has 5 aromatic carbocycles. The lowest BCUT2D eigenvalue weighted by Crippen LogP contribution is -2.75. The van der Waals surface area contributed by atoms with Crippen molar-refractivity contribution >= 4 is 39.6 Å². The van der Waals surface area contributed by atoms with Gasteiger partial charge in [-0.25, -0.2) is 0 Å². The molecule has 0 amide bonds. The number of benzene rings is 5. The summed E-state index contributed by atoms with van der Waals surface area (Å²) in [7, 11) is 0. The van der Waals surface area contributed by atoms with Gasteiger partial charge in [0.25, 0.3) is 0 Å². The Bertz CT molecular complexity index is 2670. The zero-order chi connectivity index (χ0) is 58.4. The number of Topliss-reactive ketones (excluding diaryl/α,β-unsaturated/α-hetero) is 2. The second kappa shape index (κ2) is 21.1. The van der Waals surface area contributed by atoms with Gasteiger partial charge in [-0.2, -0.15) is 132 Å². The molecule has 6 rings (SSSR count). The van der Waals surface area contributed by atoms with E-state index in [0.717, 1.165) is 0 Å². The van der Waals surface area contributed by atoms with Crippen molar-refractivity contribution in [2.24, 2.45) is 5.92 Å². The molecule has 6 aromatic rings.